The van der Waals surface area contributed by atoms with Crippen LogP contribution in [0.25, 0.3) is 0 Å². The van der Waals surface area contributed by atoms with E-state index in [-0.39, 0.29) is 11.6 Å². The Balaban J connectivity index is 2.02. The van der Waals surface area contributed by atoms with E-state index in [1.165, 1.54) is 23.5 Å². The zero-order chi connectivity index (χ0) is 14.5. The van der Waals surface area contributed by atoms with Crippen LogP contribution < -0.4 is 5.32 Å². The zero-order valence-corrected chi connectivity index (χ0v) is 11.5. The van der Waals surface area contributed by atoms with Crippen LogP contribution in [0, 0.1) is 17.2 Å². The zero-order valence-electron chi connectivity index (χ0n) is 11.5. The molecule has 0 aromatic carbocycles. The molecule has 0 radical (unpaired) electrons. The van der Waals surface area contributed by atoms with Crippen molar-refractivity contribution in [2.75, 3.05) is 0 Å². The topological polar surface area (TPSA) is 87.8 Å². The molecule has 1 aromatic rings. The highest BCUT2D eigenvalue weighted by Gasteiger charge is 2.30. The summed E-state index contributed by atoms with van der Waals surface area (Å²) >= 11 is 0. The molecule has 1 saturated carbocycles. The Bertz CT molecular complexity index is 538. The second kappa shape index (κ2) is 6.33. The number of hydrogen-bond acceptors (Lipinski definition) is 4. The first kappa shape index (κ1) is 14.3. The summed E-state index contributed by atoms with van der Waals surface area (Å²) in [6, 6.07) is 1.89. The molecule has 1 N–H and O–H groups in total. The van der Waals surface area contributed by atoms with E-state index in [1.54, 1.807) is 13.1 Å². The van der Waals surface area contributed by atoms with E-state index in [0.29, 0.717) is 0 Å². The highest BCUT2D eigenvalue weighted by atomic mass is 16.2. The first-order valence-corrected chi connectivity index (χ1v) is 6.84. The van der Waals surface area contributed by atoms with Gasteiger partial charge in [0.2, 0.25) is 5.91 Å². The average Bonchev–Trinajstić information content (AvgIpc) is 2.87. The van der Waals surface area contributed by atoms with Crippen LogP contribution in [-0.4, -0.2) is 27.5 Å². The van der Waals surface area contributed by atoms with Crippen molar-refractivity contribution in [3.63, 3.8) is 0 Å². The van der Waals surface area contributed by atoms with Crippen molar-refractivity contribution in [2.24, 2.45) is 13.0 Å². The lowest BCUT2D eigenvalue weighted by Crippen LogP contribution is -2.41. The van der Waals surface area contributed by atoms with Crippen LogP contribution in [-0.2, 0) is 11.8 Å². The Morgan fingerprint density at radius 3 is 2.70 bits per heavy atom. The molecule has 106 valence electrons. The van der Waals surface area contributed by atoms with Crippen molar-refractivity contribution in [3.05, 3.63) is 18.0 Å². The van der Waals surface area contributed by atoms with Crippen molar-refractivity contribution in [3.8, 4) is 6.07 Å². The van der Waals surface area contributed by atoms with E-state index < -0.39 is 17.6 Å². The fraction of sp³-hybridized carbons (Fsp3) is 0.571. The molecular formula is C14H18N4O2. The molecule has 1 heterocycles. The molecular weight excluding hydrogens is 256 g/mol. The van der Waals surface area contributed by atoms with Gasteiger partial charge in [-0.1, -0.05) is 19.3 Å². The summed E-state index contributed by atoms with van der Waals surface area (Å²) in [5.74, 6) is -2.27. The number of carbonyl (C=O) groups excluding carboxylic acids is 2. The molecule has 2 rings (SSSR count). The summed E-state index contributed by atoms with van der Waals surface area (Å²) in [7, 11) is 1.68. The number of ketones is 1. The molecule has 0 aliphatic heterocycles. The number of nitrogens with zero attached hydrogens (tertiary/aromatic N) is 3. The second-order valence-corrected chi connectivity index (χ2v) is 5.17. The van der Waals surface area contributed by atoms with Gasteiger partial charge in [-0.2, -0.15) is 10.4 Å². The van der Waals surface area contributed by atoms with E-state index in [9.17, 15) is 9.59 Å². The largest absolute Gasteiger partial charge is 0.352 e. The number of nitriles is 1. The SMILES string of the molecule is Cn1cc(C(=O)C(C#N)C(=O)NC2CCCCC2)cn1. The Morgan fingerprint density at radius 1 is 1.45 bits per heavy atom. The van der Waals surface area contributed by atoms with Crippen LogP contribution in [0.2, 0.25) is 0 Å². The maximum atomic E-state index is 12.1. The molecule has 1 aromatic heterocycles. The summed E-state index contributed by atoms with van der Waals surface area (Å²) in [5, 5.41) is 15.8. The van der Waals surface area contributed by atoms with Crippen LogP contribution in [0.3, 0.4) is 0 Å². The minimum atomic E-state index is -1.29. The van der Waals surface area contributed by atoms with Gasteiger partial charge in [0.1, 0.15) is 0 Å². The molecule has 0 saturated heterocycles. The quantitative estimate of drug-likeness (QED) is 0.660. The Labute approximate surface area is 117 Å². The molecule has 1 fully saturated rings. The summed E-state index contributed by atoms with van der Waals surface area (Å²) in [4.78, 5) is 24.2. The molecule has 1 amide bonds. The van der Waals surface area contributed by atoms with E-state index in [2.05, 4.69) is 10.4 Å². The minimum absolute atomic E-state index is 0.0915. The van der Waals surface area contributed by atoms with Crippen LogP contribution in [0.15, 0.2) is 12.4 Å². The van der Waals surface area contributed by atoms with Gasteiger partial charge in [0.05, 0.1) is 17.8 Å². The van der Waals surface area contributed by atoms with Crippen molar-refractivity contribution in [2.45, 2.75) is 38.1 Å². The lowest BCUT2D eigenvalue weighted by atomic mass is 9.94. The third-order valence-electron chi connectivity index (χ3n) is 3.59. The Hall–Kier alpha value is -2.16. The van der Waals surface area contributed by atoms with Gasteiger partial charge in [0, 0.05) is 19.3 Å². The number of rotatable bonds is 4. The third-order valence-corrected chi connectivity index (χ3v) is 3.59. The van der Waals surface area contributed by atoms with Gasteiger partial charge in [0.25, 0.3) is 0 Å². The van der Waals surface area contributed by atoms with Crippen molar-refractivity contribution < 1.29 is 9.59 Å². The first-order valence-electron chi connectivity index (χ1n) is 6.84. The van der Waals surface area contributed by atoms with Gasteiger partial charge in [-0.15, -0.1) is 0 Å². The van der Waals surface area contributed by atoms with Crippen molar-refractivity contribution in [1.29, 1.82) is 5.26 Å². The monoisotopic (exact) mass is 274 g/mol. The molecule has 20 heavy (non-hydrogen) atoms. The van der Waals surface area contributed by atoms with E-state index >= 15 is 0 Å². The summed E-state index contributed by atoms with van der Waals surface area (Å²) in [5.41, 5.74) is 0.290. The lowest BCUT2D eigenvalue weighted by molar-refractivity contribution is -0.123. The van der Waals surface area contributed by atoms with E-state index in [4.69, 9.17) is 5.26 Å². The van der Waals surface area contributed by atoms with Gasteiger partial charge in [-0.25, -0.2) is 0 Å². The van der Waals surface area contributed by atoms with E-state index in [0.717, 1.165) is 25.7 Å². The maximum Gasteiger partial charge on any atom is 0.245 e. The van der Waals surface area contributed by atoms with Crippen molar-refractivity contribution >= 4 is 11.7 Å². The highest BCUT2D eigenvalue weighted by molar-refractivity contribution is 6.11. The van der Waals surface area contributed by atoms with Gasteiger partial charge in [0.15, 0.2) is 11.7 Å². The number of carbonyl (C=O) groups is 2. The number of aromatic nitrogens is 2. The molecule has 1 aliphatic rings. The standard InChI is InChI=1S/C14H18N4O2/c1-18-9-10(8-16-18)13(19)12(7-15)14(20)17-11-5-3-2-4-6-11/h8-9,11-12H,2-6H2,1H3,(H,17,20). The van der Waals surface area contributed by atoms with Gasteiger partial charge in [-0.05, 0) is 12.8 Å². The number of amides is 1. The van der Waals surface area contributed by atoms with Gasteiger partial charge >= 0.3 is 0 Å². The van der Waals surface area contributed by atoms with Crippen LogP contribution in [0.4, 0.5) is 0 Å². The fourth-order valence-electron chi connectivity index (χ4n) is 2.48. The maximum absolute atomic E-state index is 12.1. The highest BCUT2D eigenvalue weighted by Crippen LogP contribution is 2.18. The molecule has 0 spiro atoms. The number of hydrogen-bond donors (Lipinski definition) is 1. The smallest absolute Gasteiger partial charge is 0.245 e. The number of aryl methyl sites for hydroxylation is 1. The van der Waals surface area contributed by atoms with Gasteiger partial charge in [-0.3, -0.25) is 14.3 Å². The molecule has 0 bridgehead atoms. The van der Waals surface area contributed by atoms with Gasteiger partial charge < -0.3 is 5.32 Å². The molecule has 1 unspecified atom stereocenters. The summed E-state index contributed by atoms with van der Waals surface area (Å²) in [6.07, 6.45) is 8.08. The first-order chi connectivity index (χ1) is 9.61. The number of nitrogens with one attached hydrogen (secondary N) is 1. The summed E-state index contributed by atoms with van der Waals surface area (Å²) in [6.45, 7) is 0. The van der Waals surface area contributed by atoms with Crippen molar-refractivity contribution in [1.82, 2.24) is 15.1 Å². The van der Waals surface area contributed by atoms with Crippen LogP contribution >= 0.6 is 0 Å². The number of Topliss-reactive ketones (excluding diaryl/α,β-unsaturated/α-hetero) is 1. The molecule has 1 aliphatic carbocycles. The van der Waals surface area contributed by atoms with E-state index in [1.807, 2.05) is 0 Å². The molecule has 6 heteroatoms. The molecule has 1 atom stereocenters. The second-order valence-electron chi connectivity index (χ2n) is 5.17. The third kappa shape index (κ3) is 3.23. The summed E-state index contributed by atoms with van der Waals surface area (Å²) < 4.78 is 1.47. The Morgan fingerprint density at radius 2 is 2.15 bits per heavy atom. The average molecular weight is 274 g/mol. The molecule has 6 nitrogen and oxygen atoms in total. The Kier molecular flexibility index (Phi) is 4.51. The minimum Gasteiger partial charge on any atom is -0.352 e. The lowest BCUT2D eigenvalue weighted by Gasteiger charge is -2.23. The normalized spacial score (nSPS) is 17.2. The van der Waals surface area contributed by atoms with Crippen LogP contribution in [0.1, 0.15) is 42.5 Å². The predicted octanol–water partition coefficient (Wildman–Crippen LogP) is 1.19. The van der Waals surface area contributed by atoms with Crippen LogP contribution in [0.5, 0.6) is 0 Å². The fourth-order valence-corrected chi connectivity index (χ4v) is 2.48. The predicted molar refractivity (Wildman–Crippen MR) is 71.7 cm³/mol.